The summed E-state index contributed by atoms with van der Waals surface area (Å²) < 4.78 is 29.6. The summed E-state index contributed by atoms with van der Waals surface area (Å²) in [6, 6.07) is 11.9. The second-order valence-electron chi connectivity index (χ2n) is 5.67. The first-order valence-electron chi connectivity index (χ1n) is 8.08. The van der Waals surface area contributed by atoms with Crippen LogP contribution in [0.25, 0.3) is 0 Å². The number of hydrogen-bond acceptors (Lipinski definition) is 5. The minimum atomic E-state index is -3.92. The van der Waals surface area contributed by atoms with Crippen molar-refractivity contribution in [2.45, 2.75) is 35.6 Å². The lowest BCUT2D eigenvalue weighted by Crippen LogP contribution is -2.32. The number of para-hydroxylation sites is 1. The van der Waals surface area contributed by atoms with Crippen LogP contribution in [0.5, 0.6) is 0 Å². The maximum atomic E-state index is 12.9. The Kier molecular flexibility index (Phi) is 6.06. The van der Waals surface area contributed by atoms with Gasteiger partial charge in [-0.15, -0.1) is 15.7 Å². The molecule has 0 aliphatic carbocycles. The molecule has 2 heterocycles. The van der Waals surface area contributed by atoms with Crippen LogP contribution in [0.4, 0.5) is 5.69 Å². The quantitative estimate of drug-likeness (QED) is 0.663. The fourth-order valence-electron chi connectivity index (χ4n) is 2.50. The van der Waals surface area contributed by atoms with Crippen LogP contribution in [0, 0.1) is 0 Å². The Hall–Kier alpha value is -1.35. The third kappa shape index (κ3) is 4.14. The smallest absolute Gasteiger partial charge is 0.273 e. The van der Waals surface area contributed by atoms with Crippen molar-refractivity contribution in [3.8, 4) is 0 Å². The zero-order chi connectivity index (χ0) is 18.7. The molecule has 1 saturated heterocycles. The number of unbranched alkanes of at least 4 members (excludes halogenated alkanes) is 1. The molecule has 1 fully saturated rings. The first kappa shape index (κ1) is 19.4. The van der Waals surface area contributed by atoms with E-state index in [1.807, 2.05) is 6.07 Å². The lowest BCUT2D eigenvalue weighted by Gasteiger charge is -2.16. The van der Waals surface area contributed by atoms with Crippen molar-refractivity contribution in [2.75, 3.05) is 4.90 Å². The number of thiophene rings is 1. The largest absolute Gasteiger partial charge is 0.294 e. The molecule has 1 aliphatic heterocycles. The predicted octanol–water partition coefficient (Wildman–Crippen LogP) is 4.79. The Morgan fingerprint density at radius 1 is 1.19 bits per heavy atom. The molecule has 26 heavy (non-hydrogen) atoms. The van der Waals surface area contributed by atoms with Crippen LogP contribution in [0.2, 0.25) is 4.34 Å². The summed E-state index contributed by atoms with van der Waals surface area (Å²) in [6.07, 6.45) is 2.55. The van der Waals surface area contributed by atoms with Crippen LogP contribution < -0.4 is 4.90 Å². The molecule has 0 N–H and O–H groups in total. The van der Waals surface area contributed by atoms with Crippen LogP contribution in [-0.4, -0.2) is 24.7 Å². The molecular weight excluding hydrogens is 412 g/mol. The highest BCUT2D eigenvalue weighted by atomic mass is 35.5. The van der Waals surface area contributed by atoms with Gasteiger partial charge in [0.2, 0.25) is 5.91 Å². The summed E-state index contributed by atoms with van der Waals surface area (Å²) in [5.74, 6) is -0.132. The molecule has 1 aliphatic rings. The summed E-state index contributed by atoms with van der Waals surface area (Å²) in [6.45, 7) is 2.05. The van der Waals surface area contributed by atoms with E-state index >= 15 is 0 Å². The third-order valence-electron chi connectivity index (χ3n) is 3.77. The van der Waals surface area contributed by atoms with E-state index in [0.717, 1.165) is 24.2 Å². The minimum absolute atomic E-state index is 0.0630. The van der Waals surface area contributed by atoms with Crippen molar-refractivity contribution < 1.29 is 13.2 Å². The lowest BCUT2D eigenvalue weighted by atomic mass is 10.2. The number of thioether (sulfide) groups is 1. The van der Waals surface area contributed by atoms with E-state index in [4.69, 9.17) is 11.6 Å². The van der Waals surface area contributed by atoms with Gasteiger partial charge >= 0.3 is 0 Å². The number of carbonyl (C=O) groups is 1. The Balaban J connectivity index is 2.00. The summed E-state index contributed by atoms with van der Waals surface area (Å²) in [4.78, 5) is 14.3. The summed E-state index contributed by atoms with van der Waals surface area (Å²) >= 11 is 8.00. The lowest BCUT2D eigenvalue weighted by molar-refractivity contribution is -0.117. The molecule has 1 aromatic heterocycles. The maximum Gasteiger partial charge on any atom is 0.294 e. The summed E-state index contributed by atoms with van der Waals surface area (Å²) in [7, 11) is -3.92. The van der Waals surface area contributed by atoms with Gasteiger partial charge in [0.05, 0.1) is 15.3 Å². The van der Waals surface area contributed by atoms with Gasteiger partial charge in [0.1, 0.15) is 4.21 Å². The van der Waals surface area contributed by atoms with Crippen LogP contribution in [0.15, 0.2) is 51.1 Å². The van der Waals surface area contributed by atoms with Gasteiger partial charge in [-0.25, -0.2) is 0 Å². The Labute approximate surface area is 166 Å². The molecular formula is C17H17ClN2O3S3. The van der Waals surface area contributed by atoms with E-state index in [1.165, 1.54) is 28.8 Å². The van der Waals surface area contributed by atoms with Crippen LogP contribution in [-0.2, 0) is 14.8 Å². The highest BCUT2D eigenvalue weighted by molar-refractivity contribution is 8.16. The molecule has 9 heteroatoms. The second-order valence-corrected chi connectivity index (χ2v) is 10.4. The average molecular weight is 429 g/mol. The fourth-order valence-corrected chi connectivity index (χ4v) is 6.35. The van der Waals surface area contributed by atoms with Gasteiger partial charge in [-0.3, -0.25) is 9.69 Å². The number of sulfonamides is 1. The fraction of sp³-hybridized carbons (Fsp3) is 0.294. The van der Waals surface area contributed by atoms with Crippen LogP contribution in [0.3, 0.4) is 0 Å². The van der Waals surface area contributed by atoms with Gasteiger partial charge in [-0.2, -0.15) is 8.42 Å². The van der Waals surface area contributed by atoms with E-state index in [9.17, 15) is 13.2 Å². The zero-order valence-corrected chi connectivity index (χ0v) is 17.2. The van der Waals surface area contributed by atoms with Crippen molar-refractivity contribution in [1.82, 2.24) is 0 Å². The van der Waals surface area contributed by atoms with E-state index in [-0.39, 0.29) is 20.5 Å². The van der Waals surface area contributed by atoms with Gasteiger partial charge in [0.15, 0.2) is 5.17 Å². The third-order valence-corrected chi connectivity index (χ3v) is 8.06. The molecule has 5 nitrogen and oxygen atoms in total. The Morgan fingerprint density at radius 3 is 2.54 bits per heavy atom. The molecule has 3 rings (SSSR count). The minimum Gasteiger partial charge on any atom is -0.273 e. The first-order chi connectivity index (χ1) is 12.4. The van der Waals surface area contributed by atoms with Crippen molar-refractivity contribution in [2.24, 2.45) is 4.40 Å². The van der Waals surface area contributed by atoms with Gasteiger partial charge in [-0.05, 0) is 30.7 Å². The molecule has 0 unspecified atom stereocenters. The normalized spacial score (nSPS) is 19.5. The summed E-state index contributed by atoms with van der Waals surface area (Å²) in [5.41, 5.74) is 0.613. The van der Waals surface area contributed by atoms with Gasteiger partial charge < -0.3 is 0 Å². The molecule has 2 aromatic rings. The topological polar surface area (TPSA) is 66.8 Å². The number of hydrogen-bond donors (Lipinski definition) is 0. The predicted molar refractivity (Wildman–Crippen MR) is 109 cm³/mol. The van der Waals surface area contributed by atoms with Crippen molar-refractivity contribution in [3.05, 3.63) is 46.8 Å². The van der Waals surface area contributed by atoms with Crippen LogP contribution >= 0.6 is 34.7 Å². The number of amidine groups is 1. The highest BCUT2D eigenvalue weighted by Gasteiger charge is 2.39. The molecule has 1 atom stereocenters. The molecule has 1 amide bonds. The van der Waals surface area contributed by atoms with E-state index in [2.05, 4.69) is 11.3 Å². The maximum absolute atomic E-state index is 12.9. The monoisotopic (exact) mass is 428 g/mol. The number of rotatable bonds is 6. The van der Waals surface area contributed by atoms with E-state index in [0.29, 0.717) is 16.4 Å². The van der Waals surface area contributed by atoms with Crippen molar-refractivity contribution in [1.29, 1.82) is 0 Å². The standard InChI is InChI=1S/C17H17ClN2O3S3/c1-2-3-9-13-16(21)20(12-7-5-4-6-8-12)17(24-13)19-26(22,23)15-11-10-14(18)25-15/h4-8,10-11,13H,2-3,9H2,1H3/t13-/m1/s1. The molecule has 138 valence electrons. The number of halogens is 1. The average Bonchev–Trinajstić information content (AvgIpc) is 3.18. The molecule has 0 bridgehead atoms. The van der Waals surface area contributed by atoms with E-state index in [1.54, 1.807) is 24.3 Å². The number of carbonyl (C=O) groups excluding carboxylic acids is 1. The first-order valence-corrected chi connectivity index (χ1v) is 11.6. The molecule has 0 saturated carbocycles. The van der Waals surface area contributed by atoms with Crippen molar-refractivity contribution in [3.63, 3.8) is 0 Å². The Bertz CT molecular complexity index is 926. The molecule has 0 radical (unpaired) electrons. The van der Waals surface area contributed by atoms with Gasteiger partial charge in [0, 0.05) is 0 Å². The SMILES string of the molecule is CCCC[C@H]1SC(=NS(=O)(=O)c2ccc(Cl)s2)N(c2ccccc2)C1=O. The number of amides is 1. The van der Waals surface area contributed by atoms with Crippen LogP contribution in [0.1, 0.15) is 26.2 Å². The highest BCUT2D eigenvalue weighted by Crippen LogP contribution is 2.36. The van der Waals surface area contributed by atoms with Crippen molar-refractivity contribution >= 4 is 61.5 Å². The second kappa shape index (κ2) is 8.12. The Morgan fingerprint density at radius 2 is 1.92 bits per heavy atom. The number of nitrogens with zero attached hydrogens (tertiary/aromatic N) is 2. The number of benzene rings is 1. The van der Waals surface area contributed by atoms with E-state index < -0.39 is 10.0 Å². The van der Waals surface area contributed by atoms with Gasteiger partial charge in [-0.1, -0.05) is 61.3 Å². The molecule has 0 spiro atoms. The molecule has 1 aromatic carbocycles. The zero-order valence-electron chi connectivity index (χ0n) is 14.0. The number of anilines is 1. The van der Waals surface area contributed by atoms with Gasteiger partial charge in [0.25, 0.3) is 10.0 Å². The summed E-state index contributed by atoms with van der Waals surface area (Å²) in [5, 5.41) is -0.136.